The lowest BCUT2D eigenvalue weighted by molar-refractivity contribution is 0.476. The molecule has 1 aliphatic rings. The van der Waals surface area contributed by atoms with Crippen LogP contribution in [0, 0.1) is 5.92 Å². The van der Waals surface area contributed by atoms with Gasteiger partial charge < -0.3 is 5.11 Å². The Balaban J connectivity index is 1.91. The Hall–Kier alpha value is -2.39. The molecule has 1 atom stereocenters. The highest BCUT2D eigenvalue weighted by molar-refractivity contribution is 9.10. The van der Waals surface area contributed by atoms with Crippen LogP contribution in [0.3, 0.4) is 0 Å². The molecule has 2 nitrogen and oxygen atoms in total. The van der Waals surface area contributed by atoms with E-state index in [9.17, 15) is 5.11 Å². The van der Waals surface area contributed by atoms with Crippen molar-refractivity contribution in [2.75, 3.05) is 0 Å². The van der Waals surface area contributed by atoms with E-state index in [4.69, 9.17) is 4.98 Å². The molecule has 0 saturated carbocycles. The van der Waals surface area contributed by atoms with E-state index in [1.165, 1.54) is 33.7 Å². The van der Waals surface area contributed by atoms with Crippen LogP contribution in [-0.4, -0.2) is 10.1 Å². The van der Waals surface area contributed by atoms with Gasteiger partial charge in [0.2, 0.25) is 0 Å². The summed E-state index contributed by atoms with van der Waals surface area (Å²) in [5.74, 6) is 0.908. The fourth-order valence-corrected chi connectivity index (χ4v) is 4.77. The Morgan fingerprint density at radius 3 is 2.78 bits per heavy atom. The van der Waals surface area contributed by atoms with Gasteiger partial charge in [-0.1, -0.05) is 53.2 Å². The van der Waals surface area contributed by atoms with E-state index in [-0.39, 0.29) is 5.75 Å². The van der Waals surface area contributed by atoms with E-state index in [0.717, 1.165) is 34.1 Å². The zero-order chi connectivity index (χ0) is 18.5. The topological polar surface area (TPSA) is 33.1 Å². The van der Waals surface area contributed by atoms with Crippen LogP contribution in [0.25, 0.3) is 32.9 Å². The quantitative estimate of drug-likeness (QED) is 0.351. The minimum Gasteiger partial charge on any atom is -0.507 e. The Kier molecular flexibility index (Phi) is 3.94. The molecule has 3 heteroatoms. The number of halogens is 1. The van der Waals surface area contributed by atoms with Gasteiger partial charge >= 0.3 is 0 Å². The predicted molar refractivity (Wildman–Crippen MR) is 115 cm³/mol. The molecule has 0 radical (unpaired) electrons. The molecular formula is C24H20BrNO. The van der Waals surface area contributed by atoms with E-state index < -0.39 is 0 Å². The van der Waals surface area contributed by atoms with Crippen molar-refractivity contribution in [2.24, 2.45) is 5.92 Å². The molecule has 0 aliphatic heterocycles. The van der Waals surface area contributed by atoms with Crippen LogP contribution in [0.15, 0.2) is 59.1 Å². The molecule has 27 heavy (non-hydrogen) atoms. The SMILES string of the molecule is CC1CCc2c(c(-c3cc(Br)ccc3O)nc3ccc4ccccc4c23)C1. The van der Waals surface area contributed by atoms with Crippen molar-refractivity contribution < 1.29 is 5.11 Å². The zero-order valence-electron chi connectivity index (χ0n) is 15.2. The van der Waals surface area contributed by atoms with E-state index >= 15 is 0 Å². The lowest BCUT2D eigenvalue weighted by Gasteiger charge is -2.26. The van der Waals surface area contributed by atoms with Crippen LogP contribution in [0.1, 0.15) is 24.5 Å². The van der Waals surface area contributed by atoms with Crippen LogP contribution in [0.4, 0.5) is 0 Å². The van der Waals surface area contributed by atoms with Gasteiger partial charge in [-0.15, -0.1) is 0 Å². The highest BCUT2D eigenvalue weighted by Gasteiger charge is 2.24. The molecule has 1 heterocycles. The van der Waals surface area contributed by atoms with Crippen molar-refractivity contribution in [2.45, 2.75) is 26.2 Å². The summed E-state index contributed by atoms with van der Waals surface area (Å²) in [5, 5.41) is 14.4. The number of nitrogens with zero attached hydrogens (tertiary/aromatic N) is 1. The zero-order valence-corrected chi connectivity index (χ0v) is 16.8. The monoisotopic (exact) mass is 417 g/mol. The second-order valence-corrected chi connectivity index (χ2v) is 8.52. The normalized spacial score (nSPS) is 16.6. The Labute approximate surface area is 167 Å². The highest BCUT2D eigenvalue weighted by atomic mass is 79.9. The van der Waals surface area contributed by atoms with E-state index in [0.29, 0.717) is 5.92 Å². The van der Waals surface area contributed by atoms with Crippen LogP contribution in [0.2, 0.25) is 0 Å². The first-order valence-electron chi connectivity index (χ1n) is 9.44. The summed E-state index contributed by atoms with van der Waals surface area (Å²) < 4.78 is 0.952. The van der Waals surface area contributed by atoms with Crippen molar-refractivity contribution in [3.63, 3.8) is 0 Å². The molecule has 0 amide bonds. The summed E-state index contributed by atoms with van der Waals surface area (Å²) in [6.45, 7) is 2.31. The van der Waals surface area contributed by atoms with Gasteiger partial charge in [-0.05, 0) is 71.3 Å². The van der Waals surface area contributed by atoms with Gasteiger partial charge in [0.25, 0.3) is 0 Å². The van der Waals surface area contributed by atoms with Crippen molar-refractivity contribution in [1.29, 1.82) is 0 Å². The number of hydrogen-bond donors (Lipinski definition) is 1. The minimum absolute atomic E-state index is 0.284. The van der Waals surface area contributed by atoms with Gasteiger partial charge in [-0.3, -0.25) is 0 Å². The lowest BCUT2D eigenvalue weighted by Crippen LogP contribution is -2.14. The average Bonchev–Trinajstić information content (AvgIpc) is 2.68. The highest BCUT2D eigenvalue weighted by Crippen LogP contribution is 2.42. The molecule has 0 saturated heterocycles. The molecular weight excluding hydrogens is 398 g/mol. The van der Waals surface area contributed by atoms with E-state index in [1.54, 1.807) is 6.07 Å². The van der Waals surface area contributed by atoms with Gasteiger partial charge in [0.15, 0.2) is 0 Å². The Bertz CT molecular complexity index is 1200. The molecule has 0 fully saturated rings. The molecule has 1 N–H and O–H groups in total. The number of aryl methyl sites for hydroxylation is 1. The number of benzene rings is 3. The second kappa shape index (κ2) is 6.35. The lowest BCUT2D eigenvalue weighted by atomic mass is 9.80. The largest absolute Gasteiger partial charge is 0.507 e. The van der Waals surface area contributed by atoms with Gasteiger partial charge in [-0.2, -0.15) is 0 Å². The van der Waals surface area contributed by atoms with E-state index in [1.807, 2.05) is 12.1 Å². The van der Waals surface area contributed by atoms with Crippen LogP contribution in [-0.2, 0) is 12.8 Å². The average molecular weight is 418 g/mol. The van der Waals surface area contributed by atoms with Crippen molar-refractivity contribution in [3.05, 3.63) is 70.2 Å². The number of hydrogen-bond acceptors (Lipinski definition) is 2. The van der Waals surface area contributed by atoms with Gasteiger partial charge in [-0.25, -0.2) is 4.98 Å². The maximum Gasteiger partial charge on any atom is 0.125 e. The fourth-order valence-electron chi connectivity index (χ4n) is 4.41. The predicted octanol–water partition coefficient (Wildman–Crippen LogP) is 6.65. The fraction of sp³-hybridized carbons (Fsp3) is 0.208. The number of aromatic hydroxyl groups is 1. The molecule has 0 spiro atoms. The summed E-state index contributed by atoms with van der Waals surface area (Å²) in [6, 6.07) is 18.4. The smallest absolute Gasteiger partial charge is 0.125 e. The third-order valence-electron chi connectivity index (χ3n) is 5.74. The van der Waals surface area contributed by atoms with Gasteiger partial charge in [0.05, 0.1) is 11.2 Å². The molecule has 134 valence electrons. The summed E-state index contributed by atoms with van der Waals surface area (Å²) in [4.78, 5) is 5.06. The molecule has 0 bridgehead atoms. The molecule has 5 rings (SSSR count). The Morgan fingerprint density at radius 2 is 1.89 bits per heavy atom. The summed E-state index contributed by atoms with van der Waals surface area (Å²) in [6.07, 6.45) is 3.26. The molecule has 1 unspecified atom stereocenters. The van der Waals surface area contributed by atoms with Crippen LogP contribution < -0.4 is 0 Å². The summed E-state index contributed by atoms with van der Waals surface area (Å²) in [7, 11) is 0. The first-order valence-corrected chi connectivity index (χ1v) is 10.2. The maximum absolute atomic E-state index is 10.5. The summed E-state index contributed by atoms with van der Waals surface area (Å²) in [5.41, 5.74) is 5.45. The number of fused-ring (bicyclic) bond motifs is 5. The maximum atomic E-state index is 10.5. The third-order valence-corrected chi connectivity index (χ3v) is 6.24. The second-order valence-electron chi connectivity index (χ2n) is 7.61. The van der Waals surface area contributed by atoms with Crippen molar-refractivity contribution in [3.8, 4) is 17.0 Å². The molecule has 1 aliphatic carbocycles. The first-order chi connectivity index (χ1) is 13.1. The standard InChI is InChI=1S/C24H20BrNO/c1-14-6-9-18-19(12-14)24(20-13-16(25)8-11-22(20)27)26-21-10-7-15-4-2-3-5-17(15)23(18)21/h2-5,7-8,10-11,13-14,27H,6,9,12H2,1H3. The van der Waals surface area contributed by atoms with Gasteiger partial charge in [0, 0.05) is 15.4 Å². The van der Waals surface area contributed by atoms with Crippen molar-refractivity contribution >= 4 is 37.6 Å². The number of phenols is 1. The Morgan fingerprint density at radius 1 is 1.04 bits per heavy atom. The number of pyridine rings is 1. The number of aromatic nitrogens is 1. The van der Waals surface area contributed by atoms with E-state index in [2.05, 4.69) is 59.3 Å². The van der Waals surface area contributed by atoms with Crippen molar-refractivity contribution in [1.82, 2.24) is 4.98 Å². The summed E-state index contributed by atoms with van der Waals surface area (Å²) >= 11 is 3.54. The van der Waals surface area contributed by atoms with Crippen LogP contribution in [0.5, 0.6) is 5.75 Å². The number of rotatable bonds is 1. The number of phenolic OH excluding ortho intramolecular Hbond substituents is 1. The van der Waals surface area contributed by atoms with Gasteiger partial charge in [0.1, 0.15) is 5.75 Å². The minimum atomic E-state index is 0.284. The molecule has 1 aromatic heterocycles. The van der Waals surface area contributed by atoms with Crippen LogP contribution >= 0.6 is 15.9 Å². The molecule has 3 aromatic carbocycles. The first kappa shape index (κ1) is 16.8. The molecule has 4 aromatic rings. The third kappa shape index (κ3) is 2.72.